The van der Waals surface area contributed by atoms with E-state index in [1.807, 2.05) is 4.57 Å². The number of ether oxygens (including phenoxy) is 1. The molecular weight excluding hydrogens is 377 g/mol. The van der Waals surface area contributed by atoms with Crippen molar-refractivity contribution in [1.82, 2.24) is 14.8 Å². The zero-order chi connectivity index (χ0) is 18.1. The average Bonchev–Trinajstić information content (AvgIpc) is 3.32. The van der Waals surface area contributed by atoms with Gasteiger partial charge in [0.1, 0.15) is 5.82 Å². The van der Waals surface area contributed by atoms with E-state index in [1.165, 1.54) is 23.9 Å². The van der Waals surface area contributed by atoms with Gasteiger partial charge in [-0.3, -0.25) is 4.57 Å². The highest BCUT2D eigenvalue weighted by Crippen LogP contribution is 2.33. The highest BCUT2D eigenvalue weighted by molar-refractivity contribution is 8.01. The third-order valence-corrected chi connectivity index (χ3v) is 7.92. The van der Waals surface area contributed by atoms with Gasteiger partial charge in [-0.25, -0.2) is 12.8 Å². The minimum atomic E-state index is -2.95. The molecule has 0 aliphatic carbocycles. The quantitative estimate of drug-likeness (QED) is 0.772. The van der Waals surface area contributed by atoms with Gasteiger partial charge in [0.25, 0.3) is 0 Å². The number of sulfone groups is 1. The summed E-state index contributed by atoms with van der Waals surface area (Å²) in [5, 5.41) is 9.29. The maximum absolute atomic E-state index is 13.3. The fraction of sp³-hybridized carbons (Fsp3) is 0.529. The average molecular weight is 397 g/mol. The summed E-state index contributed by atoms with van der Waals surface area (Å²) in [6.45, 7) is 1.36. The number of hydrogen-bond acceptors (Lipinski definition) is 6. The van der Waals surface area contributed by atoms with Crippen molar-refractivity contribution in [3.8, 4) is 11.4 Å². The Hall–Kier alpha value is -1.45. The van der Waals surface area contributed by atoms with Crippen LogP contribution in [0.1, 0.15) is 19.3 Å². The third-order valence-electron chi connectivity index (χ3n) is 4.69. The van der Waals surface area contributed by atoms with Gasteiger partial charge < -0.3 is 4.74 Å². The summed E-state index contributed by atoms with van der Waals surface area (Å²) in [6, 6.07) is 6.16. The van der Waals surface area contributed by atoms with Crippen LogP contribution in [-0.4, -0.2) is 52.6 Å². The molecule has 0 amide bonds. The Balaban J connectivity index is 1.63. The topological polar surface area (TPSA) is 74.1 Å². The molecule has 3 heterocycles. The Morgan fingerprint density at radius 2 is 2.04 bits per heavy atom. The van der Waals surface area contributed by atoms with Gasteiger partial charge in [0, 0.05) is 17.4 Å². The van der Waals surface area contributed by atoms with Crippen molar-refractivity contribution in [2.45, 2.75) is 42.3 Å². The van der Waals surface area contributed by atoms with Gasteiger partial charge in [-0.2, -0.15) is 0 Å². The first kappa shape index (κ1) is 17.9. The third kappa shape index (κ3) is 3.94. The van der Waals surface area contributed by atoms with Crippen LogP contribution in [0.2, 0.25) is 0 Å². The summed E-state index contributed by atoms with van der Waals surface area (Å²) >= 11 is 1.46. The van der Waals surface area contributed by atoms with Gasteiger partial charge in [-0.1, -0.05) is 11.8 Å². The molecule has 0 radical (unpaired) electrons. The molecule has 2 atom stereocenters. The maximum Gasteiger partial charge on any atom is 0.191 e. The second-order valence-electron chi connectivity index (χ2n) is 6.70. The zero-order valence-electron chi connectivity index (χ0n) is 14.2. The smallest absolute Gasteiger partial charge is 0.191 e. The molecule has 0 bridgehead atoms. The van der Waals surface area contributed by atoms with E-state index >= 15 is 0 Å². The predicted octanol–water partition coefficient (Wildman–Crippen LogP) is 2.54. The van der Waals surface area contributed by atoms with Crippen molar-refractivity contribution in [3.05, 3.63) is 30.1 Å². The molecule has 0 saturated carbocycles. The second-order valence-corrected chi connectivity index (χ2v) is 10.2. The molecule has 0 N–H and O–H groups in total. The summed E-state index contributed by atoms with van der Waals surface area (Å²) in [6.07, 6.45) is 2.73. The SMILES string of the molecule is O=S1(=O)CCC(Sc2nnc(-c3ccc(F)cc3)n2CC2CCCO2)C1. The molecule has 6 nitrogen and oxygen atoms in total. The van der Waals surface area contributed by atoms with Crippen molar-refractivity contribution < 1.29 is 17.5 Å². The number of aromatic nitrogens is 3. The van der Waals surface area contributed by atoms with Crippen LogP contribution in [0.4, 0.5) is 4.39 Å². The number of hydrogen-bond donors (Lipinski definition) is 0. The first-order chi connectivity index (χ1) is 12.5. The van der Waals surface area contributed by atoms with Crippen molar-refractivity contribution in [2.24, 2.45) is 0 Å². The zero-order valence-corrected chi connectivity index (χ0v) is 15.8. The maximum atomic E-state index is 13.3. The van der Waals surface area contributed by atoms with Gasteiger partial charge in [-0.15, -0.1) is 10.2 Å². The number of rotatable bonds is 5. The summed E-state index contributed by atoms with van der Waals surface area (Å²) in [5.41, 5.74) is 0.780. The first-order valence-electron chi connectivity index (χ1n) is 8.68. The Morgan fingerprint density at radius 3 is 2.69 bits per heavy atom. The number of nitrogens with zero attached hydrogens (tertiary/aromatic N) is 3. The molecule has 26 heavy (non-hydrogen) atoms. The van der Waals surface area contributed by atoms with Gasteiger partial charge in [-0.05, 0) is 43.5 Å². The van der Waals surface area contributed by atoms with Gasteiger partial charge >= 0.3 is 0 Å². The number of halogens is 1. The van der Waals surface area contributed by atoms with Crippen molar-refractivity contribution in [3.63, 3.8) is 0 Å². The van der Waals surface area contributed by atoms with Crippen LogP contribution in [0.25, 0.3) is 11.4 Å². The largest absolute Gasteiger partial charge is 0.376 e. The van der Waals surface area contributed by atoms with Gasteiger partial charge in [0.15, 0.2) is 20.8 Å². The van der Waals surface area contributed by atoms with Crippen LogP contribution in [0, 0.1) is 5.82 Å². The molecule has 140 valence electrons. The van der Waals surface area contributed by atoms with E-state index in [9.17, 15) is 12.8 Å². The fourth-order valence-electron chi connectivity index (χ4n) is 3.35. The Bertz CT molecular complexity index is 877. The van der Waals surface area contributed by atoms with Crippen molar-refractivity contribution in [2.75, 3.05) is 18.1 Å². The van der Waals surface area contributed by atoms with Crippen molar-refractivity contribution in [1.29, 1.82) is 0 Å². The lowest BCUT2D eigenvalue weighted by Gasteiger charge is -2.16. The molecule has 9 heteroatoms. The van der Waals surface area contributed by atoms with Crippen molar-refractivity contribution >= 4 is 21.6 Å². The van der Waals surface area contributed by atoms with Crippen LogP contribution in [0.15, 0.2) is 29.4 Å². The lowest BCUT2D eigenvalue weighted by atomic mass is 10.2. The molecular formula is C17H20FN3O3S2. The van der Waals surface area contributed by atoms with Gasteiger partial charge in [0.2, 0.25) is 0 Å². The highest BCUT2D eigenvalue weighted by atomic mass is 32.2. The van der Waals surface area contributed by atoms with E-state index in [0.717, 1.165) is 25.0 Å². The minimum Gasteiger partial charge on any atom is -0.376 e. The van der Waals surface area contributed by atoms with Crippen LogP contribution in [0.5, 0.6) is 0 Å². The molecule has 4 rings (SSSR count). The summed E-state index contributed by atoms with van der Waals surface area (Å²) in [4.78, 5) is 0. The standard InChI is InChI=1S/C17H20FN3O3S2/c18-13-5-3-12(4-6-13)16-19-20-17(21(16)10-14-2-1-8-24-14)25-15-7-9-26(22,23)11-15/h3-6,14-15H,1-2,7-11H2. The first-order valence-corrected chi connectivity index (χ1v) is 11.4. The predicted molar refractivity (Wildman–Crippen MR) is 97.3 cm³/mol. The van der Waals surface area contributed by atoms with Crippen LogP contribution < -0.4 is 0 Å². The molecule has 2 saturated heterocycles. The van der Waals surface area contributed by atoms with E-state index in [0.29, 0.717) is 23.9 Å². The summed E-state index contributed by atoms with van der Waals surface area (Å²) < 4.78 is 44.5. The monoisotopic (exact) mass is 397 g/mol. The van der Waals surface area contributed by atoms with E-state index in [-0.39, 0.29) is 28.7 Å². The molecule has 2 aromatic rings. The lowest BCUT2D eigenvalue weighted by Crippen LogP contribution is -2.17. The second kappa shape index (κ2) is 7.28. The molecule has 1 aromatic heterocycles. The molecule has 2 unspecified atom stereocenters. The lowest BCUT2D eigenvalue weighted by molar-refractivity contribution is 0.0953. The number of thioether (sulfide) groups is 1. The van der Waals surface area contributed by atoms with E-state index < -0.39 is 9.84 Å². The Morgan fingerprint density at radius 1 is 1.23 bits per heavy atom. The molecule has 1 aromatic carbocycles. The molecule has 0 spiro atoms. The molecule has 2 aliphatic heterocycles. The highest BCUT2D eigenvalue weighted by Gasteiger charge is 2.31. The van der Waals surface area contributed by atoms with E-state index in [4.69, 9.17) is 4.74 Å². The Labute approximate surface area is 156 Å². The molecule has 2 fully saturated rings. The van der Waals surface area contributed by atoms with Crippen LogP contribution >= 0.6 is 11.8 Å². The minimum absolute atomic E-state index is 0.00601. The van der Waals surface area contributed by atoms with E-state index in [2.05, 4.69) is 10.2 Å². The van der Waals surface area contributed by atoms with Gasteiger partial charge in [0.05, 0.1) is 24.2 Å². The van der Waals surface area contributed by atoms with E-state index in [1.54, 1.807) is 12.1 Å². The summed E-state index contributed by atoms with van der Waals surface area (Å²) in [5.74, 6) is 0.764. The fourth-order valence-corrected chi connectivity index (χ4v) is 6.84. The summed E-state index contributed by atoms with van der Waals surface area (Å²) in [7, 11) is -2.95. The molecule has 2 aliphatic rings. The normalized spacial score (nSPS) is 25.0. The van der Waals surface area contributed by atoms with Crippen LogP contribution in [0.3, 0.4) is 0 Å². The number of benzene rings is 1. The van der Waals surface area contributed by atoms with Crippen LogP contribution in [-0.2, 0) is 21.1 Å². The Kier molecular flexibility index (Phi) is 5.02.